The Morgan fingerprint density at radius 2 is 2.29 bits per heavy atom. The van der Waals surface area contributed by atoms with E-state index < -0.39 is 22.1 Å². The number of carbonyl (C=O) groups excluding carboxylic acids is 1. The molecule has 1 saturated heterocycles. The molecule has 10 heteroatoms. The molecule has 0 aromatic carbocycles. The van der Waals surface area contributed by atoms with Gasteiger partial charge >= 0.3 is 5.97 Å². The Morgan fingerprint density at radius 1 is 1.57 bits per heavy atom. The molecule has 0 saturated carbocycles. The Kier molecular flexibility index (Phi) is 4.94. The zero-order chi connectivity index (χ0) is 15.6. The Morgan fingerprint density at radius 3 is 2.86 bits per heavy atom. The van der Waals surface area contributed by atoms with E-state index in [9.17, 15) is 13.2 Å². The van der Waals surface area contributed by atoms with Gasteiger partial charge in [-0.05, 0) is 12.1 Å². The van der Waals surface area contributed by atoms with E-state index >= 15 is 0 Å². The molecule has 2 N–H and O–H groups in total. The Hall–Kier alpha value is -1.07. The molecule has 1 atom stereocenters. The van der Waals surface area contributed by atoms with E-state index in [2.05, 4.69) is 4.74 Å². The SMILES string of the molecule is COC(=O)C1CN(S(=O)(=O)c2ccc(C(N)=S)s2)CCO1. The monoisotopic (exact) mass is 350 g/mol. The molecule has 0 aliphatic carbocycles. The molecular weight excluding hydrogens is 336 g/mol. The highest BCUT2D eigenvalue weighted by Gasteiger charge is 2.35. The maximum Gasteiger partial charge on any atom is 0.336 e. The van der Waals surface area contributed by atoms with Crippen molar-refractivity contribution in [3.8, 4) is 0 Å². The number of ether oxygens (including phenoxy) is 2. The average Bonchev–Trinajstić information content (AvgIpc) is 2.97. The van der Waals surface area contributed by atoms with E-state index in [-0.39, 0.29) is 28.9 Å². The van der Waals surface area contributed by atoms with Crippen LogP contribution >= 0.6 is 23.6 Å². The van der Waals surface area contributed by atoms with Gasteiger partial charge in [0.05, 0.1) is 25.1 Å². The van der Waals surface area contributed by atoms with Crippen LogP contribution < -0.4 is 5.73 Å². The second-order valence-corrected chi connectivity index (χ2v) is 7.92. The number of hydrogen-bond acceptors (Lipinski definition) is 7. The van der Waals surface area contributed by atoms with E-state index in [0.717, 1.165) is 11.3 Å². The summed E-state index contributed by atoms with van der Waals surface area (Å²) in [5, 5.41) is 0. The Balaban J connectivity index is 2.22. The van der Waals surface area contributed by atoms with Crippen molar-refractivity contribution in [2.75, 3.05) is 26.8 Å². The molecule has 1 aromatic rings. The molecule has 0 amide bonds. The minimum atomic E-state index is -3.70. The molecule has 0 bridgehead atoms. The van der Waals surface area contributed by atoms with E-state index in [1.807, 2.05) is 0 Å². The van der Waals surface area contributed by atoms with Crippen LogP contribution in [0.3, 0.4) is 0 Å². The van der Waals surface area contributed by atoms with Crippen LogP contribution in [0.4, 0.5) is 0 Å². The van der Waals surface area contributed by atoms with Crippen molar-refractivity contribution in [3.05, 3.63) is 17.0 Å². The summed E-state index contributed by atoms with van der Waals surface area (Å²) in [7, 11) is -2.47. The molecule has 1 aliphatic rings. The van der Waals surface area contributed by atoms with Crippen LogP contribution in [0.25, 0.3) is 0 Å². The highest BCUT2D eigenvalue weighted by Crippen LogP contribution is 2.26. The molecule has 0 radical (unpaired) electrons. The lowest BCUT2D eigenvalue weighted by molar-refractivity contribution is -0.157. The number of nitrogens with zero attached hydrogens (tertiary/aromatic N) is 1. The summed E-state index contributed by atoms with van der Waals surface area (Å²) in [5.41, 5.74) is 5.48. The lowest BCUT2D eigenvalue weighted by Gasteiger charge is -2.30. The van der Waals surface area contributed by atoms with Crippen LogP contribution in [0.1, 0.15) is 4.88 Å². The molecule has 2 heterocycles. The topological polar surface area (TPSA) is 98.9 Å². The van der Waals surface area contributed by atoms with E-state index in [1.165, 1.54) is 17.5 Å². The lowest BCUT2D eigenvalue weighted by atomic mass is 10.3. The molecule has 1 fully saturated rings. The highest BCUT2D eigenvalue weighted by molar-refractivity contribution is 7.91. The minimum Gasteiger partial charge on any atom is -0.467 e. The van der Waals surface area contributed by atoms with Gasteiger partial charge in [-0.15, -0.1) is 11.3 Å². The summed E-state index contributed by atoms with van der Waals surface area (Å²) in [5.74, 6) is -0.593. The largest absolute Gasteiger partial charge is 0.467 e. The first-order valence-corrected chi connectivity index (χ1v) is 8.62. The highest BCUT2D eigenvalue weighted by atomic mass is 32.2. The average molecular weight is 350 g/mol. The summed E-state index contributed by atoms with van der Waals surface area (Å²) in [6.07, 6.45) is -0.909. The number of hydrogen-bond donors (Lipinski definition) is 1. The zero-order valence-electron chi connectivity index (χ0n) is 11.1. The Bertz CT molecular complexity index is 655. The summed E-state index contributed by atoms with van der Waals surface area (Å²) < 4.78 is 36.2. The molecule has 7 nitrogen and oxygen atoms in total. The maximum atomic E-state index is 12.5. The predicted molar refractivity (Wildman–Crippen MR) is 80.7 cm³/mol. The van der Waals surface area contributed by atoms with Crippen LogP contribution in [0.2, 0.25) is 0 Å². The third kappa shape index (κ3) is 3.40. The number of sulfonamides is 1. The van der Waals surface area contributed by atoms with Crippen molar-refractivity contribution in [2.45, 2.75) is 10.3 Å². The molecule has 0 spiro atoms. The number of morpholine rings is 1. The summed E-state index contributed by atoms with van der Waals surface area (Å²) in [6.45, 7) is 0.234. The van der Waals surface area contributed by atoms with Crippen LogP contribution in [-0.2, 0) is 24.3 Å². The van der Waals surface area contributed by atoms with E-state index in [4.69, 9.17) is 22.7 Å². The molecule has 21 heavy (non-hydrogen) atoms. The van der Waals surface area contributed by atoms with E-state index in [0.29, 0.717) is 4.88 Å². The number of carbonyl (C=O) groups is 1. The van der Waals surface area contributed by atoms with Crippen LogP contribution in [0.5, 0.6) is 0 Å². The first kappa shape index (κ1) is 16.3. The number of rotatable bonds is 4. The van der Waals surface area contributed by atoms with Gasteiger partial charge in [-0.2, -0.15) is 4.31 Å². The van der Waals surface area contributed by atoms with Gasteiger partial charge in [0, 0.05) is 6.54 Å². The first-order chi connectivity index (χ1) is 9.86. The fourth-order valence-electron chi connectivity index (χ4n) is 1.84. The van der Waals surface area contributed by atoms with E-state index in [1.54, 1.807) is 6.07 Å². The summed E-state index contributed by atoms with van der Waals surface area (Å²) in [6, 6.07) is 3.02. The van der Waals surface area contributed by atoms with Crippen LogP contribution in [-0.4, -0.2) is 56.6 Å². The van der Waals surface area contributed by atoms with Gasteiger partial charge in [0.15, 0.2) is 6.10 Å². The quantitative estimate of drug-likeness (QED) is 0.600. The van der Waals surface area contributed by atoms with Gasteiger partial charge in [0.25, 0.3) is 10.0 Å². The third-order valence-electron chi connectivity index (χ3n) is 2.91. The fraction of sp³-hybridized carbons (Fsp3) is 0.455. The smallest absolute Gasteiger partial charge is 0.336 e. The first-order valence-electron chi connectivity index (χ1n) is 5.95. The van der Waals surface area contributed by atoms with Crippen LogP contribution in [0, 0.1) is 0 Å². The zero-order valence-corrected chi connectivity index (χ0v) is 13.6. The van der Waals surface area contributed by atoms with Gasteiger partial charge < -0.3 is 15.2 Å². The van der Waals surface area contributed by atoms with Gasteiger partial charge in [-0.1, -0.05) is 12.2 Å². The maximum absolute atomic E-state index is 12.5. The number of esters is 1. The van der Waals surface area contributed by atoms with Crippen molar-refractivity contribution in [2.24, 2.45) is 5.73 Å². The summed E-state index contributed by atoms with van der Waals surface area (Å²) >= 11 is 5.83. The number of nitrogens with two attached hydrogens (primary N) is 1. The second-order valence-electron chi connectivity index (χ2n) is 4.23. The third-order valence-corrected chi connectivity index (χ3v) is 6.71. The number of methoxy groups -OCH3 is 1. The van der Waals surface area contributed by atoms with Crippen molar-refractivity contribution in [1.82, 2.24) is 4.31 Å². The molecule has 1 unspecified atom stereocenters. The van der Waals surface area contributed by atoms with Crippen molar-refractivity contribution in [1.29, 1.82) is 0 Å². The standard InChI is InChI=1S/C11H14N2O5S3/c1-17-11(14)7-6-13(4-5-18-7)21(15,16)9-3-2-8(20-9)10(12)19/h2-3,7H,4-6H2,1H3,(H2,12,19). The van der Waals surface area contributed by atoms with Crippen LogP contribution in [0.15, 0.2) is 16.3 Å². The number of thiocarbonyl (C=S) groups is 1. The predicted octanol–water partition coefficient (Wildman–Crippen LogP) is -0.0552. The lowest BCUT2D eigenvalue weighted by Crippen LogP contribution is -2.48. The Labute approximate surface area is 131 Å². The van der Waals surface area contributed by atoms with Crippen molar-refractivity contribution in [3.63, 3.8) is 0 Å². The number of thiophene rings is 1. The van der Waals surface area contributed by atoms with Gasteiger partial charge in [0.2, 0.25) is 0 Å². The van der Waals surface area contributed by atoms with Crippen molar-refractivity contribution < 1.29 is 22.7 Å². The normalized spacial score (nSPS) is 20.1. The second kappa shape index (κ2) is 6.36. The van der Waals surface area contributed by atoms with Crippen molar-refractivity contribution >= 4 is 44.5 Å². The summed E-state index contributed by atoms with van der Waals surface area (Å²) in [4.78, 5) is 12.1. The minimum absolute atomic E-state index is 0.0741. The molecule has 1 aliphatic heterocycles. The van der Waals surface area contributed by atoms with Gasteiger partial charge in [-0.25, -0.2) is 13.2 Å². The fourth-order valence-corrected chi connectivity index (χ4v) is 4.77. The molecule has 1 aromatic heterocycles. The molecule has 2 rings (SSSR count). The molecular formula is C11H14N2O5S3. The molecule has 116 valence electrons. The van der Waals surface area contributed by atoms with Gasteiger partial charge in [-0.3, -0.25) is 0 Å². The van der Waals surface area contributed by atoms with Gasteiger partial charge in [0.1, 0.15) is 9.20 Å².